The van der Waals surface area contributed by atoms with E-state index >= 15 is 0 Å². The maximum absolute atomic E-state index is 12.8. The van der Waals surface area contributed by atoms with E-state index < -0.39 is 0 Å². The highest BCUT2D eigenvalue weighted by Crippen LogP contribution is 2.54. The van der Waals surface area contributed by atoms with Gasteiger partial charge in [0.15, 0.2) is 0 Å². The van der Waals surface area contributed by atoms with E-state index in [1.54, 1.807) is 0 Å². The Hall–Kier alpha value is -0.220. The highest BCUT2D eigenvalue weighted by atomic mass is 32.2. The monoisotopic (exact) mass is 336 g/mol. The van der Waals surface area contributed by atoms with E-state index in [1.165, 1.54) is 38.5 Å². The van der Waals surface area contributed by atoms with Gasteiger partial charge in [-0.25, -0.2) is 0 Å². The van der Waals surface area contributed by atoms with Crippen molar-refractivity contribution in [2.75, 3.05) is 18.2 Å². The minimum Gasteiger partial charge on any atom is -0.352 e. The lowest BCUT2D eigenvalue weighted by Crippen LogP contribution is -2.50. The van der Waals surface area contributed by atoms with Gasteiger partial charge in [0.1, 0.15) is 0 Å². The molecule has 1 amide bonds. The number of nitrogens with one attached hydrogen (secondary N) is 1. The van der Waals surface area contributed by atoms with Crippen molar-refractivity contribution in [3.05, 3.63) is 0 Å². The number of amides is 1. The van der Waals surface area contributed by atoms with Crippen molar-refractivity contribution in [1.29, 1.82) is 0 Å². The van der Waals surface area contributed by atoms with Crippen LogP contribution in [0.3, 0.4) is 0 Å². The summed E-state index contributed by atoms with van der Waals surface area (Å²) in [4.78, 5) is 15.2. The predicted molar refractivity (Wildman–Crippen MR) is 96.2 cm³/mol. The molecule has 0 radical (unpaired) electrons. The smallest absolute Gasteiger partial charge is 0.238 e. The first-order valence-corrected chi connectivity index (χ1v) is 10.9. The van der Waals surface area contributed by atoms with Crippen molar-refractivity contribution >= 4 is 17.7 Å². The Morgan fingerprint density at radius 1 is 1.09 bits per heavy atom. The Morgan fingerprint density at radius 3 is 2.43 bits per heavy atom. The molecule has 4 heteroatoms. The Balaban J connectivity index is 1.33. The fourth-order valence-electron chi connectivity index (χ4n) is 5.48. The quantitative estimate of drug-likeness (QED) is 0.854. The number of carbonyl (C=O) groups is 1. The van der Waals surface area contributed by atoms with Gasteiger partial charge in [-0.2, -0.15) is 0 Å². The first kappa shape index (κ1) is 16.3. The second-order valence-electron chi connectivity index (χ2n) is 9.05. The average molecular weight is 337 g/mol. The molecule has 0 spiro atoms. The summed E-state index contributed by atoms with van der Waals surface area (Å²) in [6.45, 7) is 5.54. The first-order valence-electron chi connectivity index (χ1n) is 9.70. The van der Waals surface area contributed by atoms with Crippen LogP contribution < -0.4 is 5.32 Å². The van der Waals surface area contributed by atoms with Gasteiger partial charge >= 0.3 is 0 Å². The Labute approximate surface area is 145 Å². The number of rotatable bonds is 4. The van der Waals surface area contributed by atoms with E-state index in [9.17, 15) is 4.79 Å². The summed E-state index contributed by atoms with van der Waals surface area (Å²) >= 11 is 1.91. The van der Waals surface area contributed by atoms with Gasteiger partial charge in [-0.15, -0.1) is 11.8 Å². The fraction of sp³-hybridized carbons (Fsp3) is 0.947. The van der Waals surface area contributed by atoms with Crippen LogP contribution in [0.2, 0.25) is 0 Å². The van der Waals surface area contributed by atoms with Gasteiger partial charge in [0.25, 0.3) is 0 Å². The molecular weight excluding hydrogens is 304 g/mol. The molecule has 2 bridgehead atoms. The normalized spacial score (nSPS) is 43.1. The number of thioether (sulfide) groups is 1. The van der Waals surface area contributed by atoms with E-state index in [4.69, 9.17) is 0 Å². The van der Waals surface area contributed by atoms with E-state index in [0.29, 0.717) is 17.9 Å². The molecule has 3 nitrogen and oxygen atoms in total. The maximum atomic E-state index is 12.8. The van der Waals surface area contributed by atoms with Gasteiger partial charge in [-0.3, -0.25) is 9.69 Å². The molecule has 0 aromatic carbocycles. The van der Waals surface area contributed by atoms with Crippen LogP contribution in [0, 0.1) is 29.6 Å². The summed E-state index contributed by atoms with van der Waals surface area (Å²) in [6.07, 6.45) is 8.34. The predicted octanol–water partition coefficient (Wildman–Crippen LogP) is 3.35. The molecule has 1 aliphatic heterocycles. The largest absolute Gasteiger partial charge is 0.352 e. The van der Waals surface area contributed by atoms with Crippen molar-refractivity contribution in [3.8, 4) is 0 Å². The molecule has 1 saturated heterocycles. The summed E-state index contributed by atoms with van der Waals surface area (Å²) < 4.78 is 0. The molecule has 4 aliphatic rings. The zero-order chi connectivity index (χ0) is 16.0. The minimum atomic E-state index is 0.111. The molecule has 4 unspecified atom stereocenters. The van der Waals surface area contributed by atoms with Crippen molar-refractivity contribution in [2.24, 2.45) is 29.6 Å². The standard InChI is InChI=1S/C19H32N2OS/c1-12(2)9-21-11-23-10-18(21)19(22)20-17-6-13-3-14(7-17)5-16-8-15(16)4-13/h12-18H,3-11H2,1-2H3,(H,20,22)/t13?,14?,15?,16?,17?,18-/m1/s1. The van der Waals surface area contributed by atoms with Crippen LogP contribution in [0.4, 0.5) is 0 Å². The number of fused-ring (bicyclic) bond motifs is 3. The highest BCUT2D eigenvalue weighted by Gasteiger charge is 2.46. The van der Waals surface area contributed by atoms with Crippen LogP contribution in [-0.4, -0.2) is 41.1 Å². The van der Waals surface area contributed by atoms with Crippen LogP contribution >= 0.6 is 11.8 Å². The van der Waals surface area contributed by atoms with E-state index in [0.717, 1.165) is 41.8 Å². The number of carbonyl (C=O) groups excluding carboxylic acids is 1. The molecule has 1 heterocycles. The van der Waals surface area contributed by atoms with E-state index in [1.807, 2.05) is 11.8 Å². The Kier molecular flexibility index (Phi) is 4.66. The zero-order valence-corrected chi connectivity index (χ0v) is 15.5. The molecule has 130 valence electrons. The molecule has 0 aromatic rings. The summed E-state index contributed by atoms with van der Waals surface area (Å²) in [6, 6.07) is 0.565. The third-order valence-corrected chi connectivity index (χ3v) is 7.53. The topological polar surface area (TPSA) is 32.3 Å². The Bertz CT molecular complexity index is 433. The summed E-state index contributed by atoms with van der Waals surface area (Å²) in [5.74, 6) is 6.82. The van der Waals surface area contributed by atoms with Crippen molar-refractivity contribution in [3.63, 3.8) is 0 Å². The number of nitrogens with zero attached hydrogens (tertiary/aromatic N) is 1. The van der Waals surface area contributed by atoms with Crippen LogP contribution in [0.5, 0.6) is 0 Å². The van der Waals surface area contributed by atoms with Crippen molar-refractivity contribution in [1.82, 2.24) is 10.2 Å². The molecule has 0 aromatic heterocycles. The number of hydrogen-bond acceptors (Lipinski definition) is 3. The molecule has 1 N–H and O–H groups in total. The average Bonchev–Trinajstić information content (AvgIpc) is 3.03. The van der Waals surface area contributed by atoms with Crippen LogP contribution in [0.15, 0.2) is 0 Å². The van der Waals surface area contributed by atoms with Crippen LogP contribution in [-0.2, 0) is 4.79 Å². The fourth-order valence-corrected chi connectivity index (χ4v) is 6.69. The second kappa shape index (κ2) is 6.59. The summed E-state index contributed by atoms with van der Waals surface area (Å²) in [5.41, 5.74) is 0. The highest BCUT2D eigenvalue weighted by molar-refractivity contribution is 7.99. The van der Waals surface area contributed by atoms with Gasteiger partial charge in [-0.1, -0.05) is 13.8 Å². The lowest BCUT2D eigenvalue weighted by atomic mass is 9.76. The molecule has 4 fully saturated rings. The minimum absolute atomic E-state index is 0.111. The van der Waals surface area contributed by atoms with Crippen molar-refractivity contribution < 1.29 is 4.79 Å². The van der Waals surface area contributed by atoms with Gasteiger partial charge < -0.3 is 5.32 Å². The molecular formula is C19H32N2OS. The van der Waals surface area contributed by atoms with E-state index in [-0.39, 0.29) is 6.04 Å². The lowest BCUT2D eigenvalue weighted by molar-refractivity contribution is -0.126. The summed E-state index contributed by atoms with van der Waals surface area (Å²) in [5, 5.41) is 3.46. The van der Waals surface area contributed by atoms with Gasteiger partial charge in [0, 0.05) is 24.2 Å². The van der Waals surface area contributed by atoms with Gasteiger partial charge in [0.05, 0.1) is 6.04 Å². The molecule has 23 heavy (non-hydrogen) atoms. The third-order valence-electron chi connectivity index (χ3n) is 6.47. The number of hydrogen-bond donors (Lipinski definition) is 1. The van der Waals surface area contributed by atoms with Crippen LogP contribution in [0.25, 0.3) is 0 Å². The summed E-state index contributed by atoms with van der Waals surface area (Å²) in [7, 11) is 0. The molecule has 3 aliphatic carbocycles. The Morgan fingerprint density at radius 2 is 1.78 bits per heavy atom. The SMILES string of the molecule is CC(C)CN1CSC[C@@H]1C(=O)NC1CC2CC(C1)CC1CC1C2. The van der Waals surface area contributed by atoms with Crippen LogP contribution in [0.1, 0.15) is 52.4 Å². The third kappa shape index (κ3) is 3.73. The van der Waals surface area contributed by atoms with Gasteiger partial charge in [-0.05, 0) is 68.1 Å². The zero-order valence-electron chi connectivity index (χ0n) is 14.7. The molecule has 4 rings (SSSR count). The molecule has 5 atom stereocenters. The second-order valence-corrected chi connectivity index (χ2v) is 10.1. The van der Waals surface area contributed by atoms with Gasteiger partial charge in [0.2, 0.25) is 5.91 Å². The lowest BCUT2D eigenvalue weighted by Gasteiger charge is -2.35. The maximum Gasteiger partial charge on any atom is 0.238 e. The first-order chi connectivity index (χ1) is 11.1. The van der Waals surface area contributed by atoms with Crippen molar-refractivity contribution in [2.45, 2.75) is 64.5 Å². The molecule has 3 saturated carbocycles. The van der Waals surface area contributed by atoms with E-state index in [2.05, 4.69) is 24.1 Å².